The Hall–Kier alpha value is -12.2. The van der Waals surface area contributed by atoms with E-state index in [9.17, 15) is 68.1 Å². The molecule has 594 valence electrons. The van der Waals surface area contributed by atoms with Crippen LogP contribution in [0.15, 0.2) is 155 Å². The number of nitrogens with one attached hydrogen (secondary N) is 4. The SMILES string of the molecule is CCn1cc(C(=O)O)c(=O)c2cc(F)c(N3CCN(C(=O)OCc4ccc(NC(=O)[C@@H](C)CC(=O)[C@@H](NC(=O)OCc5ccccc5)C(C)C)cc4)CC3)cc21.CCn1cc(C(=O)O)c(=O)c2cc(F)c(N3CCN(C(=O)OCc4ccc(NC(=O)[C@@H](C)CC(O)[C@@H](NC(=O)OCc5ccccc5)C(C)C)cc4)CC3)cc21. The molecule has 0 spiro atoms. The number of Topliss-reactive ketones (excluding diaryl/α,β-unsaturated/α-hetero) is 1. The number of nitrogens with zero attached hydrogens (tertiary/aromatic N) is 6. The van der Waals surface area contributed by atoms with Gasteiger partial charge in [-0.2, -0.15) is 0 Å². The molecule has 28 nitrogen and oxygen atoms in total. The first-order valence-corrected chi connectivity index (χ1v) is 37.0. The van der Waals surface area contributed by atoms with Gasteiger partial charge in [-0.15, -0.1) is 0 Å². The van der Waals surface area contributed by atoms with Gasteiger partial charge in [-0.1, -0.05) is 126 Å². The predicted octanol–water partition coefficient (Wildman–Crippen LogP) is 11.4. The second-order valence-corrected chi connectivity index (χ2v) is 28.2. The molecule has 7 N–H and O–H groups in total. The van der Waals surface area contributed by atoms with Gasteiger partial charge in [-0.3, -0.25) is 24.0 Å². The lowest BCUT2D eigenvalue weighted by Gasteiger charge is -2.35. The molecule has 112 heavy (non-hydrogen) atoms. The summed E-state index contributed by atoms with van der Waals surface area (Å²) in [6.07, 6.45) is -0.919. The number of carbonyl (C=O) groups is 9. The summed E-state index contributed by atoms with van der Waals surface area (Å²) in [6, 6.07) is 35.7. The van der Waals surface area contributed by atoms with E-state index in [2.05, 4.69) is 21.3 Å². The number of aliphatic hydroxyl groups excluding tert-OH is 1. The molecule has 8 aromatic rings. The number of aromatic nitrogens is 2. The number of piperazine rings is 2. The van der Waals surface area contributed by atoms with Crippen molar-refractivity contribution in [3.05, 3.63) is 211 Å². The van der Waals surface area contributed by atoms with Gasteiger partial charge >= 0.3 is 36.3 Å². The molecule has 2 aliphatic heterocycles. The van der Waals surface area contributed by atoms with Gasteiger partial charge in [0, 0.05) is 118 Å². The third-order valence-electron chi connectivity index (χ3n) is 19.5. The molecule has 0 aliphatic carbocycles. The maximum atomic E-state index is 15.3. The van der Waals surface area contributed by atoms with Crippen molar-refractivity contribution in [2.24, 2.45) is 23.7 Å². The molecule has 2 aliphatic rings. The van der Waals surface area contributed by atoms with Crippen LogP contribution >= 0.6 is 0 Å². The summed E-state index contributed by atoms with van der Waals surface area (Å²) in [5.74, 6) is -6.68. The fourth-order valence-electron chi connectivity index (χ4n) is 13.0. The van der Waals surface area contributed by atoms with Crippen LogP contribution in [0.2, 0.25) is 0 Å². The standard InChI is InChI=1S/C41H48FN5O9.C41H46FN5O9/c2*1-5-45-22-31(39(51)52)37(49)30-20-32(42)34(21-33(30)45)46-15-17-47(18-16-46)41(54)56-24-28-11-13-29(14-12-28)43-38(50)26(4)19-35(48)36(25(2)3)44-40(53)55-23-27-9-7-6-8-10-27/h6-14,20-22,25-26,35-36,48H,5,15-19,23-24H2,1-4H3,(H,43,50)(H,44,53)(H,51,52);6-14,20-22,25-26,36H,5,15-19,23-24H2,1-4H3,(H,43,50)(H,44,53)(H,51,52)/t26-,35?,36-;26-,36-/m00/s1. The van der Waals surface area contributed by atoms with Gasteiger partial charge in [0.15, 0.2) is 5.78 Å². The number of fused-ring (bicyclic) bond motifs is 2. The number of carboxylic acids is 2. The number of aromatic carboxylic acids is 2. The topological polar surface area (TPSA) is 356 Å². The fourth-order valence-corrected chi connectivity index (χ4v) is 13.0. The number of hydrogen-bond donors (Lipinski definition) is 7. The van der Waals surface area contributed by atoms with Crippen LogP contribution in [-0.2, 0) is 72.8 Å². The van der Waals surface area contributed by atoms with E-state index in [1.165, 1.54) is 28.3 Å². The Labute approximate surface area is 645 Å². The highest BCUT2D eigenvalue weighted by Gasteiger charge is 2.33. The van der Waals surface area contributed by atoms with Crippen molar-refractivity contribution in [1.82, 2.24) is 29.6 Å². The minimum atomic E-state index is -1.38. The molecule has 0 bridgehead atoms. The van der Waals surface area contributed by atoms with Crippen molar-refractivity contribution in [3.8, 4) is 0 Å². The Morgan fingerprint density at radius 3 is 1.22 bits per heavy atom. The Morgan fingerprint density at radius 2 is 0.848 bits per heavy atom. The maximum absolute atomic E-state index is 15.3. The predicted molar refractivity (Wildman–Crippen MR) is 415 cm³/mol. The number of ketones is 1. The quantitative estimate of drug-likeness (QED) is 0.0224. The number of benzene rings is 6. The van der Waals surface area contributed by atoms with E-state index >= 15 is 8.78 Å². The molecule has 30 heteroatoms. The number of aliphatic hydroxyl groups is 1. The molecule has 6 aromatic carbocycles. The maximum Gasteiger partial charge on any atom is 0.410 e. The van der Waals surface area contributed by atoms with E-state index in [4.69, 9.17) is 18.9 Å². The Kier molecular flexibility index (Phi) is 29.1. The first-order chi connectivity index (χ1) is 53.5. The lowest BCUT2D eigenvalue weighted by atomic mass is 9.91. The minimum absolute atomic E-state index is 0.0137. The van der Waals surface area contributed by atoms with Gasteiger partial charge in [-0.25, -0.2) is 37.5 Å². The number of amides is 6. The largest absolute Gasteiger partial charge is 0.477 e. The molecule has 2 saturated heterocycles. The van der Waals surface area contributed by atoms with Gasteiger partial charge < -0.3 is 84.3 Å². The van der Waals surface area contributed by atoms with Gasteiger partial charge in [0.25, 0.3) is 0 Å². The lowest BCUT2D eigenvalue weighted by molar-refractivity contribution is -0.127. The normalized spacial score (nSPS) is 14.2. The number of rotatable bonds is 28. The van der Waals surface area contributed by atoms with E-state index in [-0.39, 0.29) is 117 Å². The van der Waals surface area contributed by atoms with Crippen LogP contribution in [-0.4, -0.2) is 159 Å². The zero-order valence-corrected chi connectivity index (χ0v) is 63.6. The van der Waals surface area contributed by atoms with Crippen LogP contribution in [0.3, 0.4) is 0 Å². The number of alkyl carbamates (subject to hydrolysis) is 2. The average molecular weight is 1550 g/mol. The van der Waals surface area contributed by atoms with Gasteiger partial charge in [-0.05, 0) is 103 Å². The van der Waals surface area contributed by atoms with Crippen LogP contribution in [0, 0.1) is 35.3 Å². The van der Waals surface area contributed by atoms with Crippen LogP contribution in [0.5, 0.6) is 0 Å². The van der Waals surface area contributed by atoms with Gasteiger partial charge in [0.1, 0.15) is 49.2 Å². The smallest absolute Gasteiger partial charge is 0.410 e. The number of carbonyl (C=O) groups excluding carboxylic acids is 7. The first kappa shape index (κ1) is 83.8. The Bertz CT molecular complexity index is 4820. The summed E-state index contributed by atoms with van der Waals surface area (Å²) in [5, 5.41) is 40.7. The van der Waals surface area contributed by atoms with Crippen molar-refractivity contribution in [2.75, 3.05) is 72.8 Å². The summed E-state index contributed by atoms with van der Waals surface area (Å²) in [4.78, 5) is 145. The summed E-state index contributed by atoms with van der Waals surface area (Å²) in [5.41, 5.74) is 3.00. The molecule has 1 unspecified atom stereocenters. The number of ether oxygens (including phenoxy) is 4. The Morgan fingerprint density at radius 1 is 0.473 bits per heavy atom. The molecule has 2 aromatic heterocycles. The monoisotopic (exact) mass is 1540 g/mol. The van der Waals surface area contributed by atoms with Crippen molar-refractivity contribution >= 4 is 98.5 Å². The van der Waals surface area contributed by atoms with Crippen molar-refractivity contribution in [3.63, 3.8) is 0 Å². The molecule has 0 saturated carbocycles. The van der Waals surface area contributed by atoms with Gasteiger partial charge in [0.2, 0.25) is 22.7 Å². The van der Waals surface area contributed by atoms with E-state index in [0.29, 0.717) is 72.8 Å². The number of aryl methyl sites for hydroxylation is 2. The van der Waals surface area contributed by atoms with E-state index in [1.54, 1.807) is 115 Å². The number of hydrogen-bond acceptors (Lipinski definition) is 18. The lowest BCUT2D eigenvalue weighted by Crippen LogP contribution is -2.49. The van der Waals surface area contributed by atoms with Crippen molar-refractivity contribution < 1.29 is 86.2 Å². The molecule has 6 amide bonds. The highest BCUT2D eigenvalue weighted by atomic mass is 19.1. The zero-order valence-electron chi connectivity index (χ0n) is 63.6. The molecule has 4 heterocycles. The first-order valence-electron chi connectivity index (χ1n) is 37.0. The van der Waals surface area contributed by atoms with E-state index in [1.807, 2.05) is 74.5 Å². The second kappa shape index (κ2) is 38.9. The van der Waals surface area contributed by atoms with E-state index < -0.39 is 100.0 Å². The number of carboxylic acid groups (broad SMARTS) is 2. The van der Waals surface area contributed by atoms with Crippen LogP contribution in [0.4, 0.5) is 50.7 Å². The van der Waals surface area contributed by atoms with Crippen molar-refractivity contribution in [1.29, 1.82) is 0 Å². The van der Waals surface area contributed by atoms with Crippen LogP contribution < -0.4 is 41.9 Å². The minimum Gasteiger partial charge on any atom is -0.477 e. The summed E-state index contributed by atoms with van der Waals surface area (Å²) in [7, 11) is 0. The molecule has 10 rings (SSSR count). The van der Waals surface area contributed by atoms with Crippen molar-refractivity contribution in [2.45, 2.75) is 126 Å². The highest BCUT2D eigenvalue weighted by Crippen LogP contribution is 2.30. The average Bonchev–Trinajstić information content (AvgIpc) is 0.767. The number of halogens is 2. The number of pyridine rings is 2. The second-order valence-electron chi connectivity index (χ2n) is 28.2. The van der Waals surface area contributed by atoms with Crippen LogP contribution in [0.25, 0.3) is 21.8 Å². The third-order valence-corrected chi connectivity index (χ3v) is 19.5. The molecule has 2 fully saturated rings. The summed E-state index contributed by atoms with van der Waals surface area (Å²) in [6.45, 7) is 17.4. The highest BCUT2D eigenvalue weighted by molar-refractivity contribution is 5.98. The van der Waals surface area contributed by atoms with Gasteiger partial charge in [0.05, 0.1) is 40.6 Å². The molecule has 5 atom stereocenters. The van der Waals surface area contributed by atoms with E-state index in [0.717, 1.165) is 23.3 Å². The number of anilines is 4. The van der Waals surface area contributed by atoms with Crippen LogP contribution in [0.1, 0.15) is 111 Å². The summed E-state index contributed by atoms with van der Waals surface area (Å²) >= 11 is 0. The fraction of sp³-hybridized carbons (Fsp3) is 0.378. The zero-order chi connectivity index (χ0) is 81.0. The Balaban J connectivity index is 0.000000257. The molecule has 0 radical (unpaired) electrons. The molecular weight excluding hydrogens is 1450 g/mol. The summed E-state index contributed by atoms with van der Waals surface area (Å²) < 4.78 is 55.4. The third kappa shape index (κ3) is 22.1. The molecular formula is C82H94F2N10O18.